The number of carbonyl (C=O) groups excluding carboxylic acids is 2. The Kier molecular flexibility index (Phi) is 4.75. The van der Waals surface area contributed by atoms with Gasteiger partial charge in [-0.15, -0.1) is 0 Å². The van der Waals surface area contributed by atoms with Gasteiger partial charge in [-0.05, 0) is 24.5 Å². The number of hydrogen-bond donors (Lipinski definition) is 2. The summed E-state index contributed by atoms with van der Waals surface area (Å²) in [5, 5.41) is 3.03. The molecule has 1 aliphatic rings. The number of carbonyl (C=O) groups is 2. The predicted molar refractivity (Wildman–Crippen MR) is 82.3 cm³/mol. The molecule has 1 aromatic rings. The Bertz CT molecular complexity index is 554. The average molecular weight is 287 g/mol. The maximum atomic E-state index is 12.4. The highest BCUT2D eigenvalue weighted by Crippen LogP contribution is 2.23. The number of benzene rings is 1. The summed E-state index contributed by atoms with van der Waals surface area (Å²) in [6, 6.07) is 8.98. The van der Waals surface area contributed by atoms with E-state index in [4.69, 9.17) is 5.73 Å². The zero-order valence-electron chi connectivity index (χ0n) is 12.4. The van der Waals surface area contributed by atoms with Gasteiger partial charge in [0.15, 0.2) is 0 Å². The van der Waals surface area contributed by atoms with E-state index in [9.17, 15) is 9.59 Å². The smallest absolute Gasteiger partial charge is 0.240 e. The fraction of sp³-hybridized carbons (Fsp3) is 0.375. The van der Waals surface area contributed by atoms with Crippen LogP contribution in [0.5, 0.6) is 0 Å². The van der Waals surface area contributed by atoms with E-state index in [0.717, 1.165) is 11.1 Å². The minimum atomic E-state index is -0.539. The van der Waals surface area contributed by atoms with Gasteiger partial charge in [0.25, 0.3) is 0 Å². The van der Waals surface area contributed by atoms with Crippen molar-refractivity contribution in [3.8, 4) is 0 Å². The summed E-state index contributed by atoms with van der Waals surface area (Å²) in [5.74, 6) is -0.481. The number of primary amides is 1. The van der Waals surface area contributed by atoms with Crippen molar-refractivity contribution in [2.45, 2.75) is 25.4 Å². The predicted octanol–water partition coefficient (Wildman–Crippen LogP) is 0.764. The minimum Gasteiger partial charge on any atom is -0.368 e. The summed E-state index contributed by atoms with van der Waals surface area (Å²) in [5.41, 5.74) is 7.47. The number of likely N-dealkylation sites (N-methyl/N-ethyl adjacent to an activating group) is 1. The lowest BCUT2D eigenvalue weighted by molar-refractivity contribution is -0.131. The molecule has 0 fully saturated rings. The zero-order chi connectivity index (χ0) is 15.4. The Balaban J connectivity index is 2.22. The van der Waals surface area contributed by atoms with Crippen LogP contribution in [0.3, 0.4) is 0 Å². The van der Waals surface area contributed by atoms with Crippen LogP contribution in [-0.2, 0) is 9.59 Å². The average Bonchev–Trinajstić information content (AvgIpc) is 2.62. The highest BCUT2D eigenvalue weighted by molar-refractivity contribution is 5.87. The molecule has 1 aliphatic heterocycles. The van der Waals surface area contributed by atoms with Crippen molar-refractivity contribution in [3.05, 3.63) is 42.0 Å². The van der Waals surface area contributed by atoms with Gasteiger partial charge >= 0.3 is 0 Å². The van der Waals surface area contributed by atoms with Crippen molar-refractivity contribution in [1.29, 1.82) is 0 Å². The summed E-state index contributed by atoms with van der Waals surface area (Å²) in [7, 11) is 1.76. The van der Waals surface area contributed by atoms with Crippen molar-refractivity contribution in [2.24, 2.45) is 5.73 Å². The number of nitrogens with one attached hydrogen (secondary N) is 1. The fourth-order valence-corrected chi connectivity index (χ4v) is 2.40. The molecule has 21 heavy (non-hydrogen) atoms. The quantitative estimate of drug-likeness (QED) is 0.858. The summed E-state index contributed by atoms with van der Waals surface area (Å²) < 4.78 is 0. The van der Waals surface area contributed by atoms with Gasteiger partial charge in [-0.3, -0.25) is 14.9 Å². The third kappa shape index (κ3) is 3.70. The van der Waals surface area contributed by atoms with Crippen LogP contribution in [-0.4, -0.2) is 42.4 Å². The van der Waals surface area contributed by atoms with Gasteiger partial charge in [-0.1, -0.05) is 36.4 Å². The molecule has 1 aromatic carbocycles. The van der Waals surface area contributed by atoms with Crippen molar-refractivity contribution < 1.29 is 9.59 Å². The maximum Gasteiger partial charge on any atom is 0.240 e. The SMILES string of the molecule is C[C@H](N[C@H]1CC(c2ccccc2)=CCN(C)C1=O)C(N)=O. The van der Waals surface area contributed by atoms with E-state index in [0.29, 0.717) is 13.0 Å². The lowest BCUT2D eigenvalue weighted by atomic mass is 9.98. The molecule has 112 valence electrons. The standard InChI is InChI=1S/C16H21N3O2/c1-11(15(17)20)18-14-10-13(8-9-19(2)16(14)21)12-6-4-3-5-7-12/h3-8,11,14,18H,9-10H2,1-2H3,(H2,17,20)/t11-,14-/m0/s1. The van der Waals surface area contributed by atoms with Crippen molar-refractivity contribution in [3.63, 3.8) is 0 Å². The largest absolute Gasteiger partial charge is 0.368 e. The molecule has 0 unspecified atom stereocenters. The summed E-state index contributed by atoms with van der Waals surface area (Å²) in [6.07, 6.45) is 2.61. The number of nitrogens with two attached hydrogens (primary N) is 1. The van der Waals surface area contributed by atoms with Gasteiger partial charge in [0.1, 0.15) is 0 Å². The number of hydrogen-bond acceptors (Lipinski definition) is 3. The molecule has 5 heteroatoms. The minimum absolute atomic E-state index is 0.0229. The molecular weight excluding hydrogens is 266 g/mol. The van der Waals surface area contributed by atoms with Crippen molar-refractivity contribution in [2.75, 3.05) is 13.6 Å². The van der Waals surface area contributed by atoms with Gasteiger partial charge in [-0.25, -0.2) is 0 Å². The molecule has 0 spiro atoms. The lowest BCUT2D eigenvalue weighted by Gasteiger charge is -2.23. The molecule has 1 heterocycles. The normalized spacial score (nSPS) is 20.7. The van der Waals surface area contributed by atoms with Gasteiger partial charge in [0.05, 0.1) is 12.1 Å². The lowest BCUT2D eigenvalue weighted by Crippen LogP contribution is -2.51. The van der Waals surface area contributed by atoms with Crippen molar-refractivity contribution in [1.82, 2.24) is 10.2 Å². The Labute approximate surface area is 124 Å². The summed E-state index contributed by atoms with van der Waals surface area (Å²) in [6.45, 7) is 2.23. The first kappa shape index (κ1) is 15.3. The second-order valence-corrected chi connectivity index (χ2v) is 5.36. The Morgan fingerprint density at radius 1 is 1.38 bits per heavy atom. The first-order valence-electron chi connectivity index (χ1n) is 7.04. The van der Waals surface area contributed by atoms with E-state index >= 15 is 0 Å². The molecule has 2 atom stereocenters. The topological polar surface area (TPSA) is 75.4 Å². The van der Waals surface area contributed by atoms with Gasteiger partial charge in [-0.2, -0.15) is 0 Å². The van der Waals surface area contributed by atoms with Crippen LogP contribution >= 0.6 is 0 Å². The third-order valence-corrected chi connectivity index (χ3v) is 3.73. The van der Waals surface area contributed by atoms with Crippen LogP contribution in [0.1, 0.15) is 18.9 Å². The molecule has 2 rings (SSSR count). The molecule has 0 radical (unpaired) electrons. The van der Waals surface area contributed by atoms with Crippen LogP contribution in [0.15, 0.2) is 36.4 Å². The van der Waals surface area contributed by atoms with Crippen LogP contribution in [0.4, 0.5) is 0 Å². The molecule has 5 nitrogen and oxygen atoms in total. The van der Waals surface area contributed by atoms with Gasteiger partial charge in [0.2, 0.25) is 11.8 Å². The zero-order valence-corrected chi connectivity index (χ0v) is 12.4. The molecule has 0 bridgehead atoms. The van der Waals surface area contributed by atoms with Crippen LogP contribution < -0.4 is 11.1 Å². The number of rotatable bonds is 4. The second-order valence-electron chi connectivity index (χ2n) is 5.36. The van der Waals surface area contributed by atoms with E-state index in [2.05, 4.69) is 11.4 Å². The van der Waals surface area contributed by atoms with E-state index in [1.54, 1.807) is 18.9 Å². The highest BCUT2D eigenvalue weighted by Gasteiger charge is 2.28. The molecule has 0 saturated heterocycles. The molecule has 0 saturated carbocycles. The van der Waals surface area contributed by atoms with Crippen molar-refractivity contribution >= 4 is 17.4 Å². The van der Waals surface area contributed by atoms with Gasteiger partial charge in [0, 0.05) is 13.6 Å². The number of amides is 2. The Morgan fingerprint density at radius 2 is 2.05 bits per heavy atom. The third-order valence-electron chi connectivity index (χ3n) is 3.73. The molecule has 2 amide bonds. The summed E-state index contributed by atoms with van der Waals surface area (Å²) in [4.78, 5) is 25.2. The van der Waals surface area contributed by atoms with Gasteiger partial charge < -0.3 is 10.6 Å². The van der Waals surface area contributed by atoms with E-state index in [-0.39, 0.29) is 5.91 Å². The first-order chi connectivity index (χ1) is 9.99. The molecule has 0 aromatic heterocycles. The van der Waals surface area contributed by atoms with E-state index in [1.807, 2.05) is 30.3 Å². The van der Waals surface area contributed by atoms with E-state index < -0.39 is 18.0 Å². The maximum absolute atomic E-state index is 12.4. The second kappa shape index (κ2) is 6.54. The molecular formula is C16H21N3O2. The molecule has 0 aliphatic carbocycles. The van der Waals surface area contributed by atoms with Crippen LogP contribution in [0, 0.1) is 0 Å². The number of nitrogens with zero attached hydrogens (tertiary/aromatic N) is 1. The summed E-state index contributed by atoms with van der Waals surface area (Å²) >= 11 is 0. The van der Waals surface area contributed by atoms with Crippen LogP contribution in [0.25, 0.3) is 5.57 Å². The monoisotopic (exact) mass is 287 g/mol. The first-order valence-corrected chi connectivity index (χ1v) is 7.04. The Hall–Kier alpha value is -2.14. The Morgan fingerprint density at radius 3 is 2.67 bits per heavy atom. The van der Waals surface area contributed by atoms with Crippen LogP contribution in [0.2, 0.25) is 0 Å². The fourth-order valence-electron chi connectivity index (χ4n) is 2.40. The molecule has 3 N–H and O–H groups in total. The van der Waals surface area contributed by atoms with E-state index in [1.165, 1.54) is 0 Å². The highest BCUT2D eigenvalue weighted by atomic mass is 16.2.